The Morgan fingerprint density at radius 2 is 1.90 bits per heavy atom. The fourth-order valence-corrected chi connectivity index (χ4v) is 2.58. The number of hydrogen-bond acceptors (Lipinski definition) is 5. The average Bonchev–Trinajstić information content (AvgIpc) is 2.86. The maximum atomic E-state index is 5.64. The summed E-state index contributed by atoms with van der Waals surface area (Å²) in [5.41, 5.74) is 1.23. The predicted molar refractivity (Wildman–Crippen MR) is 86.6 cm³/mol. The van der Waals surface area contributed by atoms with Crippen molar-refractivity contribution in [2.75, 3.05) is 37.6 Å². The maximum absolute atomic E-state index is 5.64. The highest BCUT2D eigenvalue weighted by Crippen LogP contribution is 2.20. The first kappa shape index (κ1) is 16.3. The molecule has 1 aliphatic heterocycles. The molecule has 0 amide bonds. The molecule has 0 unspecified atom stereocenters. The van der Waals surface area contributed by atoms with Crippen LogP contribution < -0.4 is 10.2 Å². The second kappa shape index (κ2) is 6.79. The molecule has 0 spiro atoms. The summed E-state index contributed by atoms with van der Waals surface area (Å²) in [6, 6.07) is 0.768. The first-order valence-electron chi connectivity index (χ1n) is 8.01. The third-order valence-electron chi connectivity index (χ3n) is 3.90. The largest absolute Gasteiger partial charge is 0.432 e. The van der Waals surface area contributed by atoms with E-state index in [2.05, 4.69) is 54.7 Å². The van der Waals surface area contributed by atoms with Crippen LogP contribution in [0.25, 0.3) is 0 Å². The van der Waals surface area contributed by atoms with Crippen molar-refractivity contribution >= 4 is 6.01 Å². The van der Waals surface area contributed by atoms with Crippen LogP contribution in [0.2, 0.25) is 0 Å². The van der Waals surface area contributed by atoms with Crippen LogP contribution in [0, 0.1) is 5.92 Å². The number of hydrogen-bond donors (Lipinski definition) is 1. The summed E-state index contributed by atoms with van der Waals surface area (Å²) in [5, 5.41) is 3.40. The molecule has 2 rings (SSSR count). The van der Waals surface area contributed by atoms with Gasteiger partial charge < -0.3 is 14.6 Å². The summed E-state index contributed by atoms with van der Waals surface area (Å²) in [6.45, 7) is 17.1. The van der Waals surface area contributed by atoms with Crippen LogP contribution in [-0.4, -0.2) is 48.1 Å². The monoisotopic (exact) mass is 294 g/mol. The van der Waals surface area contributed by atoms with Crippen molar-refractivity contribution in [1.82, 2.24) is 15.2 Å². The molecule has 0 radical (unpaired) electrons. The topological polar surface area (TPSA) is 44.5 Å². The summed E-state index contributed by atoms with van der Waals surface area (Å²) in [5.74, 6) is 0.654. The van der Waals surface area contributed by atoms with Crippen LogP contribution in [0.3, 0.4) is 0 Å². The summed E-state index contributed by atoms with van der Waals surface area (Å²) < 4.78 is 5.64. The molecule has 0 saturated carbocycles. The van der Waals surface area contributed by atoms with Gasteiger partial charge in [-0.05, 0) is 33.2 Å². The van der Waals surface area contributed by atoms with Crippen molar-refractivity contribution in [3.63, 3.8) is 0 Å². The molecule has 21 heavy (non-hydrogen) atoms. The van der Waals surface area contributed by atoms with Crippen molar-refractivity contribution in [1.29, 1.82) is 0 Å². The molecule has 5 heteroatoms. The minimum absolute atomic E-state index is 0.245. The van der Waals surface area contributed by atoms with E-state index < -0.39 is 0 Å². The third kappa shape index (κ3) is 4.71. The lowest BCUT2D eigenvalue weighted by Crippen LogP contribution is -2.53. The van der Waals surface area contributed by atoms with Gasteiger partial charge in [0, 0.05) is 38.3 Å². The minimum atomic E-state index is 0.245. The SMILES string of the molecule is CC(C)CNCc1coc(N2CCN(C(C)(C)C)CC2)n1. The molecule has 1 aromatic heterocycles. The van der Waals surface area contributed by atoms with Crippen molar-refractivity contribution in [3.05, 3.63) is 12.0 Å². The van der Waals surface area contributed by atoms with Crippen LogP contribution in [-0.2, 0) is 6.54 Å². The number of anilines is 1. The minimum Gasteiger partial charge on any atom is -0.432 e. The number of nitrogens with zero attached hydrogens (tertiary/aromatic N) is 3. The van der Waals surface area contributed by atoms with Crippen molar-refractivity contribution in [2.24, 2.45) is 5.92 Å². The first-order chi connectivity index (χ1) is 9.86. The van der Waals surface area contributed by atoms with E-state index in [4.69, 9.17) is 4.42 Å². The van der Waals surface area contributed by atoms with E-state index in [1.165, 1.54) is 0 Å². The fraction of sp³-hybridized carbons (Fsp3) is 0.812. The zero-order valence-corrected chi connectivity index (χ0v) is 14.1. The fourth-order valence-electron chi connectivity index (χ4n) is 2.58. The summed E-state index contributed by atoms with van der Waals surface area (Å²) in [4.78, 5) is 9.35. The van der Waals surface area contributed by atoms with E-state index in [-0.39, 0.29) is 5.54 Å². The molecule has 5 nitrogen and oxygen atoms in total. The zero-order chi connectivity index (χ0) is 15.5. The Bertz CT molecular complexity index is 428. The molecule has 0 bridgehead atoms. The Hall–Kier alpha value is -1.07. The van der Waals surface area contributed by atoms with Crippen molar-refractivity contribution in [3.8, 4) is 0 Å². The predicted octanol–water partition coefficient (Wildman–Crippen LogP) is 2.34. The van der Waals surface area contributed by atoms with Gasteiger partial charge in [-0.15, -0.1) is 0 Å². The van der Waals surface area contributed by atoms with Gasteiger partial charge in [0.15, 0.2) is 0 Å². The van der Waals surface area contributed by atoms with Gasteiger partial charge in [0.2, 0.25) is 0 Å². The van der Waals surface area contributed by atoms with Gasteiger partial charge in [-0.2, -0.15) is 4.98 Å². The Kier molecular flexibility index (Phi) is 5.27. The van der Waals surface area contributed by atoms with Gasteiger partial charge in [-0.3, -0.25) is 4.90 Å². The van der Waals surface area contributed by atoms with E-state index in [0.717, 1.165) is 51.0 Å². The van der Waals surface area contributed by atoms with E-state index in [1.807, 2.05) is 0 Å². The van der Waals surface area contributed by atoms with Gasteiger partial charge >= 0.3 is 0 Å². The van der Waals surface area contributed by atoms with E-state index in [1.54, 1.807) is 6.26 Å². The molecule has 1 aliphatic rings. The molecule has 2 heterocycles. The van der Waals surface area contributed by atoms with Gasteiger partial charge in [0.25, 0.3) is 6.01 Å². The Morgan fingerprint density at radius 3 is 2.48 bits per heavy atom. The lowest BCUT2D eigenvalue weighted by Gasteiger charge is -2.41. The van der Waals surface area contributed by atoms with E-state index >= 15 is 0 Å². The molecular formula is C16H30N4O. The van der Waals surface area contributed by atoms with Crippen molar-refractivity contribution < 1.29 is 4.42 Å². The lowest BCUT2D eigenvalue weighted by atomic mass is 10.1. The molecule has 1 fully saturated rings. The van der Waals surface area contributed by atoms with E-state index in [0.29, 0.717) is 5.92 Å². The van der Waals surface area contributed by atoms with Crippen molar-refractivity contribution in [2.45, 2.75) is 46.7 Å². The quantitative estimate of drug-likeness (QED) is 0.903. The van der Waals surface area contributed by atoms with Crippen LogP contribution in [0.15, 0.2) is 10.7 Å². The average molecular weight is 294 g/mol. The second-order valence-electron chi connectivity index (χ2n) is 7.29. The molecule has 1 N–H and O–H groups in total. The number of nitrogens with one attached hydrogen (secondary N) is 1. The molecule has 0 aromatic carbocycles. The highest BCUT2D eigenvalue weighted by atomic mass is 16.4. The van der Waals surface area contributed by atoms with Crippen LogP contribution in [0.4, 0.5) is 6.01 Å². The number of aromatic nitrogens is 1. The summed E-state index contributed by atoms with van der Waals surface area (Å²) in [7, 11) is 0. The molecule has 0 aliphatic carbocycles. The molecule has 1 saturated heterocycles. The number of rotatable bonds is 5. The molecule has 120 valence electrons. The molecule has 0 atom stereocenters. The maximum Gasteiger partial charge on any atom is 0.297 e. The summed E-state index contributed by atoms with van der Waals surface area (Å²) in [6.07, 6.45) is 1.78. The highest BCUT2D eigenvalue weighted by Gasteiger charge is 2.27. The zero-order valence-electron chi connectivity index (χ0n) is 14.1. The number of piperazine rings is 1. The number of oxazole rings is 1. The molecule has 1 aromatic rings. The van der Waals surface area contributed by atoms with E-state index in [9.17, 15) is 0 Å². The smallest absolute Gasteiger partial charge is 0.297 e. The first-order valence-corrected chi connectivity index (χ1v) is 8.01. The van der Waals surface area contributed by atoms with Crippen LogP contribution in [0.1, 0.15) is 40.3 Å². The third-order valence-corrected chi connectivity index (χ3v) is 3.90. The van der Waals surface area contributed by atoms with Gasteiger partial charge in [-0.1, -0.05) is 13.8 Å². The molecular weight excluding hydrogens is 264 g/mol. The Labute approximate surface area is 128 Å². The standard InChI is InChI=1S/C16H30N4O/c1-13(2)10-17-11-14-12-21-15(18-14)19-6-8-20(9-7-19)16(3,4)5/h12-13,17H,6-11H2,1-5H3. The highest BCUT2D eigenvalue weighted by molar-refractivity contribution is 5.28. The lowest BCUT2D eigenvalue weighted by molar-refractivity contribution is 0.127. The van der Waals surface area contributed by atoms with Gasteiger partial charge in [-0.25, -0.2) is 0 Å². The Balaban J connectivity index is 1.83. The van der Waals surface area contributed by atoms with Crippen LogP contribution in [0.5, 0.6) is 0 Å². The Morgan fingerprint density at radius 1 is 1.24 bits per heavy atom. The summed E-state index contributed by atoms with van der Waals surface area (Å²) >= 11 is 0. The van der Waals surface area contributed by atoms with Crippen LogP contribution >= 0.6 is 0 Å². The second-order valence-corrected chi connectivity index (χ2v) is 7.29. The van der Waals surface area contributed by atoms with Gasteiger partial charge in [0.05, 0.1) is 5.69 Å². The van der Waals surface area contributed by atoms with Gasteiger partial charge in [0.1, 0.15) is 6.26 Å². The normalized spacial score (nSPS) is 17.7.